The topological polar surface area (TPSA) is 62.8 Å². The number of primary amides is 1. The monoisotopic (exact) mass is 327 g/mol. The van der Waals surface area contributed by atoms with Gasteiger partial charge in [-0.2, -0.15) is 0 Å². The minimum Gasteiger partial charge on any atom is -1.00 e. The number of imide groups is 1. The van der Waals surface area contributed by atoms with E-state index in [4.69, 9.17) is 0 Å². The lowest BCUT2D eigenvalue weighted by atomic mass is 9.82. The van der Waals surface area contributed by atoms with Crippen LogP contribution < -0.4 is 40.0 Å². The van der Waals surface area contributed by atoms with Crippen molar-refractivity contribution in [3.8, 4) is 0 Å². The molecule has 3 amide bonds. The molecule has 0 aromatic carbocycles. The Morgan fingerprint density at radius 3 is 1.76 bits per heavy atom. The fourth-order valence-corrected chi connectivity index (χ4v) is 2.43. The van der Waals surface area contributed by atoms with Gasteiger partial charge >= 0.3 is 6.03 Å². The van der Waals surface area contributed by atoms with Crippen LogP contribution in [-0.4, -0.2) is 17.5 Å². The average Bonchev–Trinajstić information content (AvgIpc) is 2.22. The van der Waals surface area contributed by atoms with Gasteiger partial charge in [-0.1, -0.05) is 27.7 Å². The molecule has 0 atom stereocenters. The Morgan fingerprint density at radius 1 is 1.12 bits per heavy atom. The summed E-state index contributed by atoms with van der Waals surface area (Å²) in [6, 6.07) is -0.235. The van der Waals surface area contributed by atoms with Gasteiger partial charge in [-0.15, -0.1) is 0 Å². The maximum Gasteiger partial charge on any atom is 0.420 e. The van der Waals surface area contributed by atoms with Crippen molar-refractivity contribution in [3.05, 3.63) is 0 Å². The second kappa shape index (κ2) is 7.34. The largest absolute Gasteiger partial charge is 1.00 e. The Balaban J connectivity index is 0. The van der Waals surface area contributed by atoms with Crippen LogP contribution in [0.5, 0.6) is 0 Å². The highest BCUT2D eigenvalue weighted by Gasteiger charge is 2.51. The van der Waals surface area contributed by atoms with Gasteiger partial charge < -0.3 is 29.4 Å². The van der Waals surface area contributed by atoms with Gasteiger partial charge in [0.25, 0.3) is 5.91 Å². The van der Waals surface area contributed by atoms with E-state index < -0.39 is 5.54 Å². The minimum absolute atomic E-state index is 0. The van der Waals surface area contributed by atoms with Crippen LogP contribution >= 0.6 is 0 Å². The minimum atomic E-state index is -0.556. The number of urea groups is 1. The molecule has 0 aliphatic carbocycles. The van der Waals surface area contributed by atoms with Crippen LogP contribution in [0.4, 0.5) is 4.79 Å². The number of halogens is 2. The van der Waals surface area contributed by atoms with E-state index in [2.05, 4.69) is 33.0 Å². The zero-order valence-corrected chi connectivity index (χ0v) is 13.1. The lowest BCUT2D eigenvalue weighted by Gasteiger charge is -2.25. The summed E-state index contributed by atoms with van der Waals surface area (Å²) in [5.41, 5.74) is -0.556. The Kier molecular flexibility index (Phi) is 8.29. The van der Waals surface area contributed by atoms with Crippen LogP contribution in [0.3, 0.4) is 0 Å². The van der Waals surface area contributed by atoms with E-state index in [0.29, 0.717) is 11.8 Å². The molecule has 0 spiro atoms. The lowest BCUT2D eigenvalue weighted by molar-refractivity contribution is -0.616. The molecule has 1 fully saturated rings. The maximum atomic E-state index is 11.8. The number of carbonyl (C=O) groups excluding carboxylic acids is 2. The molecular formula is C11H21BrClN2O2-. The summed E-state index contributed by atoms with van der Waals surface area (Å²) in [4.78, 5) is 23.1. The van der Waals surface area contributed by atoms with E-state index in [1.54, 1.807) is 5.32 Å². The molecule has 1 aliphatic rings. The molecule has 0 unspecified atom stereocenters. The number of nitrogens with one attached hydrogen (secondary N) is 1. The highest BCUT2D eigenvalue weighted by Crippen LogP contribution is 2.23. The third-order valence-electron chi connectivity index (χ3n) is 2.64. The molecule has 102 valence electrons. The second-order valence-corrected chi connectivity index (χ2v) is 5.31. The molecule has 1 saturated heterocycles. The van der Waals surface area contributed by atoms with Gasteiger partial charge in [0.1, 0.15) is 0 Å². The molecule has 0 aromatic rings. The van der Waals surface area contributed by atoms with Crippen molar-refractivity contribution in [1.82, 2.24) is 5.32 Å². The van der Waals surface area contributed by atoms with E-state index in [9.17, 15) is 9.59 Å². The van der Waals surface area contributed by atoms with Gasteiger partial charge in [0.15, 0.2) is 5.54 Å². The Labute approximate surface area is 119 Å². The number of rotatable bonds is 4. The summed E-state index contributed by atoms with van der Waals surface area (Å²) in [6.07, 6.45) is 1.51. The Morgan fingerprint density at radius 2 is 1.53 bits per heavy atom. The third-order valence-corrected chi connectivity index (χ3v) is 2.64. The fraction of sp³-hybridized carbons (Fsp3) is 0.818. The summed E-state index contributed by atoms with van der Waals surface area (Å²) < 4.78 is 0. The van der Waals surface area contributed by atoms with Crippen LogP contribution in [0.2, 0.25) is 0 Å². The first kappa shape index (κ1) is 19.2. The van der Waals surface area contributed by atoms with Gasteiger partial charge in [0, 0.05) is 12.8 Å². The molecule has 4 nitrogen and oxygen atoms in total. The molecular weight excluding hydrogens is 307 g/mol. The van der Waals surface area contributed by atoms with Crippen molar-refractivity contribution in [3.63, 3.8) is 0 Å². The van der Waals surface area contributed by atoms with E-state index in [-0.39, 0.29) is 41.3 Å². The van der Waals surface area contributed by atoms with Crippen LogP contribution in [0.1, 0.15) is 40.5 Å². The smallest absolute Gasteiger partial charge is 0.420 e. The van der Waals surface area contributed by atoms with Crippen molar-refractivity contribution in [2.75, 3.05) is 0 Å². The predicted molar refractivity (Wildman–Crippen MR) is 57.1 cm³/mol. The predicted octanol–water partition coefficient (Wildman–Crippen LogP) is -5.36. The van der Waals surface area contributed by atoms with Crippen molar-refractivity contribution in [2.24, 2.45) is 11.8 Å². The molecule has 6 heteroatoms. The van der Waals surface area contributed by atoms with Crippen molar-refractivity contribution in [2.45, 2.75) is 46.1 Å². The van der Waals surface area contributed by atoms with E-state index >= 15 is 0 Å². The first-order valence-corrected chi connectivity index (χ1v) is 5.57. The van der Waals surface area contributed by atoms with Gasteiger partial charge in [0.05, 0.1) is 0 Å². The van der Waals surface area contributed by atoms with Crippen LogP contribution in [0.25, 0.3) is 0 Å². The SMILES string of the molecule is CC(C)CC1(CC(C)C)[NH2+]C(=O)NC1=O.[Br-].[Cl-]. The number of nitrogens with two attached hydrogens (primary N) is 1. The molecule has 0 radical (unpaired) electrons. The molecule has 17 heavy (non-hydrogen) atoms. The molecule has 0 bridgehead atoms. The number of hydrogen-bond acceptors (Lipinski definition) is 2. The number of hydrogen-bond donors (Lipinski definition) is 2. The fourth-order valence-electron chi connectivity index (χ4n) is 2.43. The standard InChI is InChI=1S/C11H20N2O2.BrH.ClH/c1-7(2)5-11(6-8(3)4)9(14)12-10(15)13-11;;/h7-8H,5-6H2,1-4H3,(H2,12,13,14,15);2*1H/p-1. The zero-order chi connectivity index (χ0) is 11.6. The number of quaternary nitrogens is 1. The molecule has 0 aromatic heterocycles. The molecule has 1 aliphatic heterocycles. The highest BCUT2D eigenvalue weighted by atomic mass is 79.9. The Hall–Kier alpha value is -0.130. The van der Waals surface area contributed by atoms with E-state index in [0.717, 1.165) is 12.8 Å². The van der Waals surface area contributed by atoms with Crippen molar-refractivity contribution in [1.29, 1.82) is 0 Å². The van der Waals surface area contributed by atoms with E-state index in [1.165, 1.54) is 0 Å². The molecule has 1 heterocycles. The molecule has 3 N–H and O–H groups in total. The zero-order valence-electron chi connectivity index (χ0n) is 10.7. The van der Waals surface area contributed by atoms with Crippen molar-refractivity contribution >= 4 is 11.9 Å². The normalized spacial score (nSPS) is 17.8. The summed E-state index contributed by atoms with van der Waals surface area (Å²) in [7, 11) is 0. The second-order valence-electron chi connectivity index (χ2n) is 5.31. The van der Waals surface area contributed by atoms with E-state index in [1.807, 2.05) is 0 Å². The lowest BCUT2D eigenvalue weighted by Crippen LogP contribution is -3.00. The van der Waals surface area contributed by atoms with Crippen LogP contribution in [-0.2, 0) is 4.79 Å². The van der Waals surface area contributed by atoms with Gasteiger partial charge in [-0.25, -0.2) is 15.4 Å². The Bertz CT molecular complexity index is 273. The van der Waals surface area contributed by atoms with Gasteiger partial charge in [-0.05, 0) is 11.8 Å². The summed E-state index contributed by atoms with van der Waals surface area (Å²) in [6.45, 7) is 8.30. The summed E-state index contributed by atoms with van der Waals surface area (Å²) >= 11 is 0. The summed E-state index contributed by atoms with van der Waals surface area (Å²) in [5, 5.41) is 3.96. The first-order valence-electron chi connectivity index (χ1n) is 5.57. The average molecular weight is 329 g/mol. The van der Waals surface area contributed by atoms with Gasteiger partial charge in [0.2, 0.25) is 0 Å². The van der Waals surface area contributed by atoms with Crippen LogP contribution in [0, 0.1) is 11.8 Å². The summed E-state index contributed by atoms with van der Waals surface area (Å²) in [5.74, 6) is 0.711. The highest BCUT2D eigenvalue weighted by molar-refractivity contribution is 6.00. The maximum absolute atomic E-state index is 11.8. The number of amides is 3. The molecule has 1 rings (SSSR count). The van der Waals surface area contributed by atoms with Gasteiger partial charge in [-0.3, -0.25) is 4.79 Å². The molecule has 0 saturated carbocycles. The number of carbonyl (C=O) groups is 2. The van der Waals surface area contributed by atoms with Crippen molar-refractivity contribution < 1.29 is 44.3 Å². The third kappa shape index (κ3) is 4.94. The van der Waals surface area contributed by atoms with Crippen LogP contribution in [0.15, 0.2) is 0 Å². The quantitative estimate of drug-likeness (QED) is 0.506. The first-order chi connectivity index (χ1) is 6.85.